The zero-order valence-electron chi connectivity index (χ0n) is 14.5. The van der Waals surface area contributed by atoms with Gasteiger partial charge in [0.1, 0.15) is 5.82 Å². The summed E-state index contributed by atoms with van der Waals surface area (Å²) in [7, 11) is 1.65. The van der Waals surface area contributed by atoms with Crippen LogP contribution in [0, 0.1) is 5.82 Å². The van der Waals surface area contributed by atoms with E-state index in [-0.39, 0.29) is 24.0 Å². The maximum absolute atomic E-state index is 13.7. The molecule has 1 heterocycles. The van der Waals surface area contributed by atoms with Crippen molar-refractivity contribution in [1.82, 2.24) is 10.2 Å². The molecule has 0 aromatic heterocycles. The molecule has 1 saturated heterocycles. The Balaban J connectivity index is 1.72. The fraction of sp³-hybridized carbons (Fsp3) is 0.611. The number of ether oxygens (including phenoxy) is 2. The molecule has 1 fully saturated rings. The zero-order valence-corrected chi connectivity index (χ0v) is 14.5. The van der Waals surface area contributed by atoms with Gasteiger partial charge in [-0.05, 0) is 37.8 Å². The first-order valence-electron chi connectivity index (χ1n) is 8.49. The minimum atomic E-state index is -0.229. The van der Waals surface area contributed by atoms with Gasteiger partial charge in [-0.15, -0.1) is 0 Å². The van der Waals surface area contributed by atoms with E-state index in [2.05, 4.69) is 5.32 Å². The lowest BCUT2D eigenvalue weighted by molar-refractivity contribution is -0.00928. The molecule has 0 bridgehead atoms. The third-order valence-corrected chi connectivity index (χ3v) is 4.22. The van der Waals surface area contributed by atoms with Gasteiger partial charge in [0.05, 0.1) is 19.3 Å². The average molecular weight is 338 g/mol. The van der Waals surface area contributed by atoms with E-state index >= 15 is 0 Å². The first kappa shape index (κ1) is 18.7. The lowest BCUT2D eigenvalue weighted by atomic mass is 10.1. The fourth-order valence-corrected chi connectivity index (χ4v) is 2.87. The Morgan fingerprint density at radius 3 is 2.71 bits per heavy atom. The van der Waals surface area contributed by atoms with Crippen molar-refractivity contribution in [1.29, 1.82) is 0 Å². The molecular formula is C18H27FN2O3. The molecular weight excluding hydrogens is 311 g/mol. The standard InChI is InChI=1S/C18H27FN2O3/c1-14(13-15-5-3-4-6-17(15)19)20-18(22)21-9-7-16(8-10-21)24-12-11-23-2/h3-6,14,16H,7-13H2,1-2H3,(H,20,22). The average Bonchev–Trinajstić information content (AvgIpc) is 2.58. The smallest absolute Gasteiger partial charge is 0.317 e. The number of nitrogens with one attached hydrogen (secondary N) is 1. The van der Waals surface area contributed by atoms with Crippen LogP contribution in [0.15, 0.2) is 24.3 Å². The Hall–Kier alpha value is -1.66. The Kier molecular flexibility index (Phi) is 7.46. The van der Waals surface area contributed by atoms with Crippen molar-refractivity contribution in [3.63, 3.8) is 0 Å². The number of methoxy groups -OCH3 is 1. The van der Waals surface area contributed by atoms with Crippen LogP contribution in [-0.4, -0.2) is 56.5 Å². The molecule has 1 aromatic carbocycles. The summed E-state index contributed by atoms with van der Waals surface area (Å²) in [6.45, 7) is 4.43. The number of hydrogen-bond donors (Lipinski definition) is 1. The van der Waals surface area contributed by atoms with Crippen LogP contribution in [-0.2, 0) is 15.9 Å². The highest BCUT2D eigenvalue weighted by molar-refractivity contribution is 5.74. The number of piperidine rings is 1. The third kappa shape index (κ3) is 5.76. The van der Waals surface area contributed by atoms with Gasteiger partial charge in [-0.3, -0.25) is 0 Å². The second-order valence-corrected chi connectivity index (χ2v) is 6.20. The number of carbonyl (C=O) groups excluding carboxylic acids is 1. The molecule has 1 atom stereocenters. The predicted octanol–water partition coefficient (Wildman–Crippen LogP) is 2.59. The first-order chi connectivity index (χ1) is 11.6. The summed E-state index contributed by atoms with van der Waals surface area (Å²) in [4.78, 5) is 14.1. The number of amides is 2. The Morgan fingerprint density at radius 1 is 1.33 bits per heavy atom. The van der Waals surface area contributed by atoms with Gasteiger partial charge in [-0.1, -0.05) is 18.2 Å². The van der Waals surface area contributed by atoms with Crippen LogP contribution in [0.3, 0.4) is 0 Å². The Morgan fingerprint density at radius 2 is 2.04 bits per heavy atom. The van der Waals surface area contributed by atoms with Gasteiger partial charge in [0.15, 0.2) is 0 Å². The number of halogens is 1. The number of urea groups is 1. The molecule has 6 heteroatoms. The molecule has 134 valence electrons. The number of hydrogen-bond acceptors (Lipinski definition) is 3. The lowest BCUT2D eigenvalue weighted by Crippen LogP contribution is -2.48. The van der Waals surface area contributed by atoms with Crippen molar-refractivity contribution >= 4 is 6.03 Å². The largest absolute Gasteiger partial charge is 0.382 e. The van der Waals surface area contributed by atoms with E-state index < -0.39 is 0 Å². The summed E-state index contributed by atoms with van der Waals surface area (Å²) < 4.78 is 24.3. The summed E-state index contributed by atoms with van der Waals surface area (Å²) in [5, 5.41) is 2.95. The van der Waals surface area contributed by atoms with Gasteiger partial charge >= 0.3 is 6.03 Å². The number of benzene rings is 1. The van der Waals surface area contributed by atoms with Crippen molar-refractivity contribution < 1.29 is 18.7 Å². The summed E-state index contributed by atoms with van der Waals surface area (Å²) in [5.41, 5.74) is 0.621. The van der Waals surface area contributed by atoms with Crippen LogP contribution in [0.1, 0.15) is 25.3 Å². The first-order valence-corrected chi connectivity index (χ1v) is 8.49. The Labute approximate surface area is 143 Å². The quantitative estimate of drug-likeness (QED) is 0.778. The van der Waals surface area contributed by atoms with Crippen LogP contribution in [0.2, 0.25) is 0 Å². The molecule has 2 amide bonds. The molecule has 1 unspecified atom stereocenters. The summed E-state index contributed by atoms with van der Waals surface area (Å²) in [5.74, 6) is -0.229. The summed E-state index contributed by atoms with van der Waals surface area (Å²) in [6.07, 6.45) is 2.34. The van der Waals surface area contributed by atoms with E-state index in [4.69, 9.17) is 9.47 Å². The van der Waals surface area contributed by atoms with Crippen LogP contribution in [0.5, 0.6) is 0 Å². The molecule has 0 saturated carbocycles. The number of nitrogens with zero attached hydrogens (tertiary/aromatic N) is 1. The summed E-state index contributed by atoms with van der Waals surface area (Å²) >= 11 is 0. The van der Waals surface area contributed by atoms with E-state index in [0.717, 1.165) is 12.8 Å². The van der Waals surface area contributed by atoms with Gasteiger partial charge < -0.3 is 19.7 Å². The Bertz CT molecular complexity index is 519. The molecule has 0 spiro atoms. The van der Waals surface area contributed by atoms with E-state index in [1.54, 1.807) is 30.2 Å². The maximum atomic E-state index is 13.7. The van der Waals surface area contributed by atoms with Crippen molar-refractivity contribution in [2.45, 2.75) is 38.3 Å². The van der Waals surface area contributed by atoms with E-state index in [1.165, 1.54) is 6.07 Å². The van der Waals surface area contributed by atoms with Gasteiger partial charge in [0, 0.05) is 26.2 Å². The normalized spacial score (nSPS) is 16.9. The van der Waals surface area contributed by atoms with E-state index in [0.29, 0.717) is 38.3 Å². The van der Waals surface area contributed by atoms with Crippen molar-refractivity contribution in [3.05, 3.63) is 35.6 Å². The van der Waals surface area contributed by atoms with E-state index in [9.17, 15) is 9.18 Å². The second-order valence-electron chi connectivity index (χ2n) is 6.20. The molecule has 1 aliphatic rings. The summed E-state index contributed by atoms with van der Waals surface area (Å²) in [6, 6.07) is 6.46. The zero-order chi connectivity index (χ0) is 17.4. The van der Waals surface area contributed by atoms with Crippen LogP contribution in [0.25, 0.3) is 0 Å². The molecule has 1 aromatic rings. The van der Waals surface area contributed by atoms with Crippen LogP contribution in [0.4, 0.5) is 9.18 Å². The predicted molar refractivity (Wildman–Crippen MR) is 90.5 cm³/mol. The maximum Gasteiger partial charge on any atom is 0.317 e. The molecule has 2 rings (SSSR count). The molecule has 0 radical (unpaired) electrons. The molecule has 5 nitrogen and oxygen atoms in total. The monoisotopic (exact) mass is 338 g/mol. The van der Waals surface area contributed by atoms with E-state index in [1.807, 2.05) is 6.92 Å². The molecule has 1 N–H and O–H groups in total. The minimum absolute atomic E-state index is 0.0887. The topological polar surface area (TPSA) is 50.8 Å². The number of rotatable bonds is 7. The molecule has 24 heavy (non-hydrogen) atoms. The van der Waals surface area contributed by atoms with Crippen molar-refractivity contribution in [2.75, 3.05) is 33.4 Å². The SMILES string of the molecule is COCCOC1CCN(C(=O)NC(C)Cc2ccccc2F)CC1. The fourth-order valence-electron chi connectivity index (χ4n) is 2.87. The minimum Gasteiger partial charge on any atom is -0.382 e. The second kappa shape index (κ2) is 9.59. The highest BCUT2D eigenvalue weighted by Crippen LogP contribution is 2.14. The van der Waals surface area contributed by atoms with Crippen molar-refractivity contribution in [3.8, 4) is 0 Å². The highest BCUT2D eigenvalue weighted by atomic mass is 19.1. The van der Waals surface area contributed by atoms with Gasteiger partial charge in [-0.25, -0.2) is 9.18 Å². The number of carbonyl (C=O) groups is 1. The molecule has 1 aliphatic heterocycles. The number of likely N-dealkylation sites (tertiary alicyclic amines) is 1. The van der Waals surface area contributed by atoms with Gasteiger partial charge in [0.2, 0.25) is 0 Å². The lowest BCUT2D eigenvalue weighted by Gasteiger charge is -2.32. The molecule has 0 aliphatic carbocycles. The third-order valence-electron chi connectivity index (χ3n) is 4.22. The van der Waals surface area contributed by atoms with Gasteiger partial charge in [-0.2, -0.15) is 0 Å². The van der Waals surface area contributed by atoms with Crippen molar-refractivity contribution in [2.24, 2.45) is 0 Å². The highest BCUT2D eigenvalue weighted by Gasteiger charge is 2.24. The van der Waals surface area contributed by atoms with Crippen LogP contribution >= 0.6 is 0 Å². The van der Waals surface area contributed by atoms with Crippen LogP contribution < -0.4 is 5.32 Å². The van der Waals surface area contributed by atoms with Gasteiger partial charge in [0.25, 0.3) is 0 Å².